The summed E-state index contributed by atoms with van der Waals surface area (Å²) in [4.78, 5) is 19.4. The number of aromatic nitrogens is 2. The van der Waals surface area contributed by atoms with E-state index in [9.17, 15) is 13.2 Å². The molecule has 1 amide bonds. The topological polar surface area (TPSA) is 87.5 Å². The molecule has 4 aromatic rings. The highest BCUT2D eigenvalue weighted by atomic mass is 32.2. The van der Waals surface area contributed by atoms with Crippen molar-refractivity contribution in [3.8, 4) is 0 Å². The van der Waals surface area contributed by atoms with E-state index in [4.69, 9.17) is 0 Å². The first-order valence-corrected chi connectivity index (χ1v) is 14.1. The van der Waals surface area contributed by atoms with Gasteiger partial charge < -0.3 is 9.88 Å². The van der Waals surface area contributed by atoms with E-state index in [0.717, 1.165) is 23.2 Å². The molecule has 9 heteroatoms. The van der Waals surface area contributed by atoms with Gasteiger partial charge in [0.2, 0.25) is 10.0 Å². The third-order valence-electron chi connectivity index (χ3n) is 6.70. The van der Waals surface area contributed by atoms with Crippen LogP contribution in [0.25, 0.3) is 0 Å². The summed E-state index contributed by atoms with van der Waals surface area (Å²) < 4.78 is 29.2. The minimum atomic E-state index is -3.45. The Morgan fingerprint density at radius 1 is 0.816 bits per heavy atom. The maximum Gasteiger partial charge on any atom is 0.251 e. The van der Waals surface area contributed by atoms with E-state index in [2.05, 4.69) is 27.3 Å². The summed E-state index contributed by atoms with van der Waals surface area (Å²) in [5, 5.41) is 3.00. The lowest BCUT2D eigenvalue weighted by Gasteiger charge is -2.34. The van der Waals surface area contributed by atoms with Crippen LogP contribution >= 0.6 is 0 Å². The number of carbonyl (C=O) groups is 1. The van der Waals surface area contributed by atoms with Crippen molar-refractivity contribution in [3.63, 3.8) is 0 Å². The van der Waals surface area contributed by atoms with E-state index in [-0.39, 0.29) is 5.91 Å². The van der Waals surface area contributed by atoms with Crippen LogP contribution in [0.15, 0.2) is 102 Å². The molecule has 2 heterocycles. The molecular formula is C29H31N5O3S. The monoisotopic (exact) mass is 529 g/mol. The molecule has 0 unspecified atom stereocenters. The van der Waals surface area contributed by atoms with E-state index in [0.29, 0.717) is 49.7 Å². The minimum absolute atomic E-state index is 0.115. The number of sulfonamides is 1. The van der Waals surface area contributed by atoms with Crippen molar-refractivity contribution in [1.29, 1.82) is 0 Å². The van der Waals surface area contributed by atoms with Gasteiger partial charge in [0.05, 0.1) is 11.2 Å². The average molecular weight is 530 g/mol. The number of benzene rings is 3. The normalized spacial score (nSPS) is 14.8. The molecule has 196 valence electrons. The smallest absolute Gasteiger partial charge is 0.251 e. The van der Waals surface area contributed by atoms with Crippen LogP contribution in [0.2, 0.25) is 0 Å². The van der Waals surface area contributed by atoms with Gasteiger partial charge in [-0.2, -0.15) is 4.31 Å². The molecule has 0 spiro atoms. The van der Waals surface area contributed by atoms with E-state index in [1.54, 1.807) is 41.1 Å². The number of nitrogens with zero attached hydrogens (tertiary/aromatic N) is 4. The predicted octanol–water partition coefficient (Wildman–Crippen LogP) is 3.37. The van der Waals surface area contributed by atoms with Gasteiger partial charge in [0, 0.05) is 63.8 Å². The summed E-state index contributed by atoms with van der Waals surface area (Å²) in [7, 11) is -3.45. The second-order valence-electron chi connectivity index (χ2n) is 9.43. The lowest BCUT2D eigenvalue weighted by molar-refractivity contribution is 0.0951. The molecule has 0 saturated carbocycles. The quantitative estimate of drug-likeness (QED) is 0.359. The van der Waals surface area contributed by atoms with Gasteiger partial charge in [-0.05, 0) is 41.0 Å². The standard InChI is InChI=1S/C29H31N5O3S/c35-29(31-20-25-5-4-6-26(19-25)22-33-14-13-30-23-33)27-11-9-24(10-12-27)21-32-15-17-34(18-16-32)38(36,37)28-7-2-1-3-8-28/h1-14,19,23H,15-18,20-22H2,(H,31,35). The summed E-state index contributed by atoms with van der Waals surface area (Å²) in [5.74, 6) is -0.115. The Labute approximate surface area is 223 Å². The maximum atomic E-state index is 12.8. The third kappa shape index (κ3) is 6.36. The fraction of sp³-hybridized carbons (Fsp3) is 0.241. The molecule has 1 saturated heterocycles. The molecule has 1 N–H and O–H groups in total. The Balaban J connectivity index is 1.10. The van der Waals surface area contributed by atoms with Crippen molar-refractivity contribution in [2.75, 3.05) is 26.2 Å². The molecule has 1 fully saturated rings. The number of nitrogens with one attached hydrogen (secondary N) is 1. The van der Waals surface area contributed by atoms with E-state index < -0.39 is 10.0 Å². The summed E-state index contributed by atoms with van der Waals surface area (Å²) in [5.41, 5.74) is 3.90. The number of hydrogen-bond donors (Lipinski definition) is 1. The Kier molecular flexibility index (Phi) is 7.97. The van der Waals surface area contributed by atoms with Gasteiger partial charge in [-0.3, -0.25) is 9.69 Å². The molecule has 3 aromatic carbocycles. The molecule has 38 heavy (non-hydrogen) atoms. The molecule has 0 atom stereocenters. The van der Waals surface area contributed by atoms with Gasteiger partial charge in [-0.15, -0.1) is 0 Å². The molecule has 1 aliphatic rings. The fourth-order valence-corrected chi connectivity index (χ4v) is 6.05. The van der Waals surface area contributed by atoms with Gasteiger partial charge in [0.25, 0.3) is 5.91 Å². The zero-order valence-electron chi connectivity index (χ0n) is 21.1. The third-order valence-corrected chi connectivity index (χ3v) is 8.62. The van der Waals surface area contributed by atoms with Crippen molar-refractivity contribution in [1.82, 2.24) is 24.1 Å². The van der Waals surface area contributed by atoms with Crippen LogP contribution in [-0.4, -0.2) is 59.3 Å². The molecule has 1 aliphatic heterocycles. The molecule has 1 aromatic heterocycles. The van der Waals surface area contributed by atoms with Gasteiger partial charge in [0.1, 0.15) is 0 Å². The first-order chi connectivity index (χ1) is 18.5. The Morgan fingerprint density at radius 3 is 2.26 bits per heavy atom. The summed E-state index contributed by atoms with van der Waals surface area (Å²) in [6.07, 6.45) is 5.47. The van der Waals surface area contributed by atoms with Crippen molar-refractivity contribution >= 4 is 15.9 Å². The highest BCUT2D eigenvalue weighted by Crippen LogP contribution is 2.18. The number of carbonyl (C=O) groups excluding carboxylic acids is 1. The number of rotatable bonds is 9. The predicted molar refractivity (Wildman–Crippen MR) is 146 cm³/mol. The molecule has 0 aliphatic carbocycles. The summed E-state index contributed by atoms with van der Waals surface area (Å²) in [6, 6.07) is 24.4. The lowest BCUT2D eigenvalue weighted by Crippen LogP contribution is -2.48. The molecule has 8 nitrogen and oxygen atoms in total. The van der Waals surface area contributed by atoms with Crippen molar-refractivity contribution in [2.45, 2.75) is 24.5 Å². The van der Waals surface area contributed by atoms with Crippen LogP contribution in [0, 0.1) is 0 Å². The van der Waals surface area contributed by atoms with E-state index in [1.807, 2.05) is 53.2 Å². The summed E-state index contributed by atoms with van der Waals surface area (Å²) in [6.45, 7) is 4.14. The van der Waals surface area contributed by atoms with Crippen molar-refractivity contribution in [2.24, 2.45) is 0 Å². The van der Waals surface area contributed by atoms with E-state index >= 15 is 0 Å². The second-order valence-corrected chi connectivity index (χ2v) is 11.4. The highest BCUT2D eigenvalue weighted by Gasteiger charge is 2.28. The Hall–Kier alpha value is -3.79. The van der Waals surface area contributed by atoms with Crippen LogP contribution in [0.3, 0.4) is 0 Å². The number of hydrogen-bond acceptors (Lipinski definition) is 5. The van der Waals surface area contributed by atoms with Gasteiger partial charge in [0.15, 0.2) is 0 Å². The number of piperazine rings is 1. The van der Waals surface area contributed by atoms with Crippen LogP contribution < -0.4 is 5.32 Å². The van der Waals surface area contributed by atoms with E-state index in [1.165, 1.54) is 0 Å². The first-order valence-electron chi connectivity index (χ1n) is 12.7. The summed E-state index contributed by atoms with van der Waals surface area (Å²) >= 11 is 0. The average Bonchev–Trinajstić information content (AvgIpc) is 3.46. The lowest BCUT2D eigenvalue weighted by atomic mass is 10.1. The van der Waals surface area contributed by atoms with Gasteiger partial charge >= 0.3 is 0 Å². The van der Waals surface area contributed by atoms with Crippen LogP contribution in [0.5, 0.6) is 0 Å². The highest BCUT2D eigenvalue weighted by molar-refractivity contribution is 7.89. The first kappa shape index (κ1) is 25.8. The van der Waals surface area contributed by atoms with Crippen molar-refractivity contribution < 1.29 is 13.2 Å². The maximum absolute atomic E-state index is 12.8. The van der Waals surface area contributed by atoms with Gasteiger partial charge in [-0.1, -0.05) is 54.6 Å². The van der Waals surface area contributed by atoms with Crippen LogP contribution in [-0.2, 0) is 29.7 Å². The number of imidazole rings is 1. The second kappa shape index (κ2) is 11.7. The molecule has 0 bridgehead atoms. The van der Waals surface area contributed by atoms with Gasteiger partial charge in [-0.25, -0.2) is 13.4 Å². The zero-order chi connectivity index (χ0) is 26.4. The number of amides is 1. The van der Waals surface area contributed by atoms with Crippen LogP contribution in [0.1, 0.15) is 27.0 Å². The molecular weight excluding hydrogens is 498 g/mol. The fourth-order valence-electron chi connectivity index (χ4n) is 4.60. The van der Waals surface area contributed by atoms with Crippen molar-refractivity contribution in [3.05, 3.63) is 120 Å². The molecule has 5 rings (SSSR count). The zero-order valence-corrected chi connectivity index (χ0v) is 21.9. The largest absolute Gasteiger partial charge is 0.348 e. The SMILES string of the molecule is O=C(NCc1cccc(Cn2ccnc2)c1)c1ccc(CN2CCN(S(=O)(=O)c3ccccc3)CC2)cc1. The Bertz CT molecular complexity index is 1450. The minimum Gasteiger partial charge on any atom is -0.348 e. The van der Waals surface area contributed by atoms with Crippen LogP contribution in [0.4, 0.5) is 0 Å². The Morgan fingerprint density at radius 2 is 1.55 bits per heavy atom. The molecule has 0 radical (unpaired) electrons.